The van der Waals surface area contributed by atoms with Crippen LogP contribution >= 0.6 is 0 Å². The van der Waals surface area contributed by atoms with Crippen molar-refractivity contribution < 1.29 is 178 Å². The molecule has 40 valence electrons. The van der Waals surface area contributed by atoms with Gasteiger partial charge >= 0.3 is 166 Å². The molecule has 0 saturated carbocycles. The quantitative estimate of drug-likeness (QED) is 0.308. The van der Waals surface area contributed by atoms with Crippen LogP contribution in [0.3, 0.4) is 0 Å². The Kier molecular flexibility index (Phi) is 36.8. The normalized spacial score (nSPS) is 4.89. The molecule has 2 N–H and O–H groups in total. The average molecular weight is 210 g/mol. The van der Waals surface area contributed by atoms with Crippen LogP contribution in [0.5, 0.6) is 0 Å². The Morgan fingerprint density at radius 1 is 0.889 bits per heavy atom. The summed E-state index contributed by atoms with van der Waals surface area (Å²) >= 11 is 0. The van der Waals surface area contributed by atoms with Crippen molar-refractivity contribution in [3.05, 3.63) is 0 Å². The van der Waals surface area contributed by atoms with E-state index in [4.69, 9.17) is 19.8 Å². The van der Waals surface area contributed by atoms with Crippen LogP contribution in [0.1, 0.15) is 4.28 Å². The first-order valence-corrected chi connectivity index (χ1v) is 1.11. The zero-order valence-electron chi connectivity index (χ0n) is 8.71. The molecular weight excluding hydrogens is 205 g/mol. The Balaban J connectivity index is -0.00000000833. The molecule has 0 radical (unpaired) electrons. The number of hydrogen-bond donors (Lipinski definition) is 2. The first-order chi connectivity index (χ1) is 2.64. The third kappa shape index (κ3) is 18.7. The molecule has 0 aliphatic rings. The van der Waals surface area contributed by atoms with Crippen molar-refractivity contribution in [1.82, 2.24) is 0 Å². The van der Waals surface area contributed by atoms with Crippen molar-refractivity contribution in [1.29, 1.82) is 0 Å². The van der Waals surface area contributed by atoms with Crippen LogP contribution in [0.4, 0.5) is 0 Å². The zero-order chi connectivity index (χ0) is 5.15. The Morgan fingerprint density at radius 2 is 1.00 bits per heavy atom. The van der Waals surface area contributed by atoms with Crippen molar-refractivity contribution in [2.45, 2.75) is 0 Å². The number of carbonyl (C=O) groups is 2. The summed E-state index contributed by atoms with van der Waals surface area (Å²) in [7, 11) is 0. The number of carboxylic acid groups (broad SMARTS) is 2. The molecule has 0 aromatic carbocycles. The summed E-state index contributed by atoms with van der Waals surface area (Å²) < 4.78 is 0. The van der Waals surface area contributed by atoms with Crippen molar-refractivity contribution >= 4 is 11.9 Å². The second-order valence-corrected chi connectivity index (χ2v) is 0.610. The average Bonchev–Trinajstić information content (AvgIpc) is 1.36. The van der Waals surface area contributed by atoms with E-state index < -0.39 is 11.9 Å². The third-order valence-corrected chi connectivity index (χ3v) is 0.183. The molecule has 4 nitrogen and oxygen atoms in total. The minimum Gasteiger partial charge on any atom is -1.00 e. The first-order valence-electron chi connectivity index (χ1n) is 1.11. The number of carboxylic acids is 2. The monoisotopic (exact) mass is 210 g/mol. The molecule has 0 rings (SSSR count). The maximum absolute atomic E-state index is 9.10. The zero-order valence-corrected chi connectivity index (χ0v) is 15.1. The summed E-state index contributed by atoms with van der Waals surface area (Å²) in [6.07, 6.45) is 0. The van der Waals surface area contributed by atoms with E-state index >= 15 is 0 Å². The minimum absolute atomic E-state index is 0. The minimum atomic E-state index is -1.82. The third-order valence-electron chi connectivity index (χ3n) is 0.183. The summed E-state index contributed by atoms with van der Waals surface area (Å²) in [4.78, 5) is 18.2. The summed E-state index contributed by atoms with van der Waals surface area (Å²) in [6, 6.07) is 0. The molecule has 0 unspecified atom stereocenters. The van der Waals surface area contributed by atoms with Crippen LogP contribution in [0.2, 0.25) is 0 Å². The molecule has 0 bridgehead atoms. The van der Waals surface area contributed by atoms with Gasteiger partial charge in [0.2, 0.25) is 0 Å². The number of hydrogen-bond acceptors (Lipinski definition) is 2. The van der Waals surface area contributed by atoms with Crippen molar-refractivity contribution in [3.63, 3.8) is 0 Å². The Labute approximate surface area is 184 Å². The SMILES string of the molecule is O=C(O)C(=O)O.[H-].[H-].[H-].[K+].[K+].[K+]. The van der Waals surface area contributed by atoms with Gasteiger partial charge in [-0.1, -0.05) is 0 Å². The van der Waals surface area contributed by atoms with Crippen LogP contribution in [0.25, 0.3) is 0 Å². The van der Waals surface area contributed by atoms with E-state index in [-0.39, 0.29) is 158 Å². The van der Waals surface area contributed by atoms with E-state index in [1.54, 1.807) is 0 Å². The number of rotatable bonds is 0. The van der Waals surface area contributed by atoms with Crippen LogP contribution in [-0.4, -0.2) is 22.2 Å². The van der Waals surface area contributed by atoms with Gasteiger partial charge in [0.1, 0.15) is 0 Å². The van der Waals surface area contributed by atoms with Gasteiger partial charge in [-0.3, -0.25) is 0 Å². The molecule has 0 amide bonds. The van der Waals surface area contributed by atoms with E-state index in [1.807, 2.05) is 0 Å². The van der Waals surface area contributed by atoms with Gasteiger partial charge in [-0.2, -0.15) is 0 Å². The summed E-state index contributed by atoms with van der Waals surface area (Å²) in [6.45, 7) is 0. The van der Waals surface area contributed by atoms with Crippen LogP contribution in [-0.2, 0) is 9.59 Å². The van der Waals surface area contributed by atoms with Gasteiger partial charge < -0.3 is 14.5 Å². The predicted octanol–water partition coefficient (Wildman–Crippen LogP) is -9.49. The second-order valence-electron chi connectivity index (χ2n) is 0.610. The van der Waals surface area contributed by atoms with Gasteiger partial charge in [0.05, 0.1) is 0 Å². The van der Waals surface area contributed by atoms with Crippen LogP contribution < -0.4 is 154 Å². The fourth-order valence-corrected chi connectivity index (χ4v) is 0. The largest absolute Gasteiger partial charge is 1.00 e. The molecule has 0 saturated heterocycles. The maximum atomic E-state index is 9.10. The van der Waals surface area contributed by atoms with Gasteiger partial charge in [0, 0.05) is 0 Å². The molecule has 0 aromatic rings. The molecule has 0 fully saturated rings. The molecule has 0 aromatic heterocycles. The van der Waals surface area contributed by atoms with Crippen molar-refractivity contribution in [2.75, 3.05) is 0 Å². The van der Waals surface area contributed by atoms with Crippen LogP contribution in [0.15, 0.2) is 0 Å². The van der Waals surface area contributed by atoms with E-state index in [2.05, 4.69) is 0 Å². The van der Waals surface area contributed by atoms with Gasteiger partial charge in [-0.05, 0) is 0 Å². The Morgan fingerprint density at radius 3 is 1.00 bits per heavy atom. The predicted molar refractivity (Wildman–Crippen MR) is 18.6 cm³/mol. The van der Waals surface area contributed by atoms with E-state index in [1.165, 1.54) is 0 Å². The molecular formula is C2H5K3O4. The summed E-state index contributed by atoms with van der Waals surface area (Å²) in [5.41, 5.74) is 0. The van der Waals surface area contributed by atoms with E-state index in [0.717, 1.165) is 0 Å². The summed E-state index contributed by atoms with van der Waals surface area (Å²) in [5, 5.41) is 14.8. The second kappa shape index (κ2) is 14.4. The maximum Gasteiger partial charge on any atom is 1.00 e. The standard InChI is InChI=1S/C2H2O4.3K.3H/c3-1(4)2(5)6;;;;;;/h(H,3,4)(H,5,6);;;;;;/q;3*+1;3*-1. The van der Waals surface area contributed by atoms with Crippen molar-refractivity contribution in [2.24, 2.45) is 0 Å². The topological polar surface area (TPSA) is 74.6 Å². The fraction of sp³-hybridized carbons (Fsp3) is 0. The van der Waals surface area contributed by atoms with Gasteiger partial charge in [-0.25, -0.2) is 9.59 Å². The van der Waals surface area contributed by atoms with Gasteiger partial charge in [0.15, 0.2) is 0 Å². The number of aliphatic carboxylic acids is 2. The van der Waals surface area contributed by atoms with Gasteiger partial charge in [0.25, 0.3) is 0 Å². The molecule has 0 heterocycles. The Hall–Kier alpha value is 3.85. The molecule has 0 aliphatic carbocycles. The molecule has 7 heteroatoms. The first kappa shape index (κ1) is 23.0. The van der Waals surface area contributed by atoms with E-state index in [0.29, 0.717) is 0 Å². The fourth-order valence-electron chi connectivity index (χ4n) is 0. The Bertz CT molecular complexity index is 89.5. The van der Waals surface area contributed by atoms with E-state index in [9.17, 15) is 0 Å². The summed E-state index contributed by atoms with van der Waals surface area (Å²) in [5.74, 6) is -3.65. The van der Waals surface area contributed by atoms with Crippen LogP contribution in [0, 0.1) is 0 Å². The molecule has 0 spiro atoms. The smallest absolute Gasteiger partial charge is 1.00 e. The molecule has 9 heavy (non-hydrogen) atoms. The molecule has 0 aliphatic heterocycles. The van der Waals surface area contributed by atoms with Gasteiger partial charge in [-0.15, -0.1) is 0 Å². The van der Waals surface area contributed by atoms with Crippen molar-refractivity contribution in [3.8, 4) is 0 Å². The molecule has 0 atom stereocenters.